The number of hydrazine groups is 1. The summed E-state index contributed by atoms with van der Waals surface area (Å²) in [6.45, 7) is -0.130. The van der Waals surface area contributed by atoms with Crippen molar-refractivity contribution in [1.82, 2.24) is 15.8 Å². The lowest BCUT2D eigenvalue weighted by Crippen LogP contribution is -2.43. The van der Waals surface area contributed by atoms with Gasteiger partial charge in [-0.3, -0.25) is 34.9 Å². The molecule has 0 saturated carbocycles. The number of carbonyl (C=O) groups is 4. The van der Waals surface area contributed by atoms with Crippen LogP contribution in [0.25, 0.3) is 11.1 Å². The van der Waals surface area contributed by atoms with Gasteiger partial charge in [-0.1, -0.05) is 36.4 Å². The van der Waals surface area contributed by atoms with Crippen molar-refractivity contribution in [3.05, 3.63) is 89.5 Å². The number of rotatable bonds is 7. The van der Waals surface area contributed by atoms with Crippen molar-refractivity contribution in [2.75, 3.05) is 6.61 Å². The van der Waals surface area contributed by atoms with E-state index in [4.69, 9.17) is 10.00 Å². The SMILES string of the molecule is N#Cc1ccc(-c2ccc(OCC(=O)NNC(=O)c3ccc(CN4C(=O)CCC4=O)cc3)cc2)cc1. The topological polar surface area (TPSA) is 129 Å². The number of hydrogen-bond donors (Lipinski definition) is 2. The van der Waals surface area contributed by atoms with Gasteiger partial charge in [-0.25, -0.2) is 0 Å². The molecule has 9 nitrogen and oxygen atoms in total. The fourth-order valence-electron chi connectivity index (χ4n) is 3.61. The van der Waals surface area contributed by atoms with Crippen molar-refractivity contribution in [1.29, 1.82) is 5.26 Å². The second-order valence-corrected chi connectivity index (χ2v) is 8.08. The summed E-state index contributed by atoms with van der Waals surface area (Å²) in [6.07, 6.45) is 0.458. The van der Waals surface area contributed by atoms with Crippen LogP contribution in [-0.2, 0) is 20.9 Å². The van der Waals surface area contributed by atoms with E-state index < -0.39 is 11.8 Å². The van der Waals surface area contributed by atoms with E-state index in [0.717, 1.165) is 16.7 Å². The van der Waals surface area contributed by atoms with Crippen LogP contribution in [0, 0.1) is 11.3 Å². The molecule has 9 heteroatoms. The van der Waals surface area contributed by atoms with Crippen LogP contribution in [0.3, 0.4) is 0 Å². The zero-order valence-electron chi connectivity index (χ0n) is 19.2. The minimum atomic E-state index is -0.540. The molecule has 4 amide bonds. The number of likely N-dealkylation sites (tertiary alicyclic amines) is 1. The Hall–Kier alpha value is -4.97. The maximum Gasteiger partial charge on any atom is 0.276 e. The summed E-state index contributed by atoms with van der Waals surface area (Å²) in [7, 11) is 0. The highest BCUT2D eigenvalue weighted by Crippen LogP contribution is 2.23. The predicted molar refractivity (Wildman–Crippen MR) is 129 cm³/mol. The van der Waals surface area contributed by atoms with Crippen LogP contribution >= 0.6 is 0 Å². The monoisotopic (exact) mass is 482 g/mol. The Morgan fingerprint density at radius 2 is 1.42 bits per heavy atom. The van der Waals surface area contributed by atoms with E-state index in [1.54, 1.807) is 48.5 Å². The van der Waals surface area contributed by atoms with Crippen LogP contribution in [0.4, 0.5) is 0 Å². The number of nitrogens with one attached hydrogen (secondary N) is 2. The first-order valence-electron chi connectivity index (χ1n) is 11.2. The number of nitriles is 1. The number of carbonyl (C=O) groups excluding carboxylic acids is 4. The van der Waals surface area contributed by atoms with Crippen molar-refractivity contribution in [2.24, 2.45) is 0 Å². The summed E-state index contributed by atoms with van der Waals surface area (Å²) >= 11 is 0. The van der Waals surface area contributed by atoms with Crippen LogP contribution in [0.1, 0.15) is 34.3 Å². The molecule has 0 aliphatic carbocycles. The molecule has 0 spiro atoms. The number of imide groups is 1. The van der Waals surface area contributed by atoms with Gasteiger partial charge in [-0.15, -0.1) is 0 Å². The molecule has 0 bridgehead atoms. The van der Waals surface area contributed by atoms with E-state index in [2.05, 4.69) is 16.9 Å². The number of nitrogens with zero attached hydrogens (tertiary/aromatic N) is 2. The van der Waals surface area contributed by atoms with Gasteiger partial charge < -0.3 is 4.74 Å². The number of ether oxygens (including phenoxy) is 1. The Bertz CT molecular complexity index is 1310. The molecule has 2 N–H and O–H groups in total. The smallest absolute Gasteiger partial charge is 0.276 e. The quantitative estimate of drug-likeness (QED) is 0.394. The lowest BCUT2D eigenvalue weighted by Gasteiger charge is -2.14. The van der Waals surface area contributed by atoms with Crippen molar-refractivity contribution >= 4 is 23.6 Å². The fraction of sp³-hybridized carbons (Fsp3) is 0.148. The number of amides is 4. The summed E-state index contributed by atoms with van der Waals surface area (Å²) in [5.41, 5.74) is 8.12. The maximum absolute atomic E-state index is 12.3. The first kappa shape index (κ1) is 24.2. The molecule has 36 heavy (non-hydrogen) atoms. The van der Waals surface area contributed by atoms with Gasteiger partial charge in [0.05, 0.1) is 18.2 Å². The molecule has 3 aromatic carbocycles. The third kappa shape index (κ3) is 5.93. The zero-order valence-corrected chi connectivity index (χ0v) is 19.2. The average Bonchev–Trinajstić information content (AvgIpc) is 3.23. The second-order valence-electron chi connectivity index (χ2n) is 8.08. The van der Waals surface area contributed by atoms with E-state index in [9.17, 15) is 19.2 Å². The van der Waals surface area contributed by atoms with Crippen molar-refractivity contribution in [3.8, 4) is 22.9 Å². The van der Waals surface area contributed by atoms with Crippen LogP contribution in [0.5, 0.6) is 5.75 Å². The lowest BCUT2D eigenvalue weighted by atomic mass is 10.0. The molecule has 0 aromatic heterocycles. The van der Waals surface area contributed by atoms with E-state index in [-0.39, 0.29) is 37.8 Å². The molecule has 1 heterocycles. The Balaban J connectivity index is 1.22. The average molecular weight is 482 g/mol. The van der Waals surface area contributed by atoms with Gasteiger partial charge in [-0.05, 0) is 53.1 Å². The van der Waals surface area contributed by atoms with Crippen LogP contribution < -0.4 is 15.6 Å². The summed E-state index contributed by atoms with van der Waals surface area (Å²) in [6, 6.07) is 22.8. The van der Waals surface area contributed by atoms with Crippen molar-refractivity contribution < 1.29 is 23.9 Å². The molecule has 1 saturated heterocycles. The minimum absolute atomic E-state index is 0.169. The van der Waals surface area contributed by atoms with Gasteiger partial charge in [0.25, 0.3) is 11.8 Å². The van der Waals surface area contributed by atoms with Gasteiger partial charge in [0, 0.05) is 18.4 Å². The fourth-order valence-corrected chi connectivity index (χ4v) is 3.61. The van der Waals surface area contributed by atoms with Gasteiger partial charge in [0.1, 0.15) is 5.75 Å². The zero-order chi connectivity index (χ0) is 25.5. The maximum atomic E-state index is 12.3. The Morgan fingerprint density at radius 1 is 0.833 bits per heavy atom. The molecule has 4 rings (SSSR count). The van der Waals surface area contributed by atoms with E-state index in [0.29, 0.717) is 16.9 Å². The summed E-state index contributed by atoms with van der Waals surface area (Å²) in [4.78, 5) is 49.0. The highest BCUT2D eigenvalue weighted by atomic mass is 16.5. The Kier molecular flexibility index (Phi) is 7.36. The first-order chi connectivity index (χ1) is 17.4. The molecule has 0 radical (unpaired) electrons. The normalized spacial score (nSPS) is 12.7. The number of hydrogen-bond acceptors (Lipinski definition) is 6. The summed E-state index contributed by atoms with van der Waals surface area (Å²) < 4.78 is 5.46. The molecule has 3 aromatic rings. The predicted octanol–water partition coefficient (Wildman–Crippen LogP) is 2.71. The molecule has 1 aliphatic rings. The molecule has 0 unspecified atom stereocenters. The van der Waals surface area contributed by atoms with Crippen LogP contribution in [0.2, 0.25) is 0 Å². The largest absolute Gasteiger partial charge is 0.484 e. The van der Waals surface area contributed by atoms with Gasteiger partial charge in [0.15, 0.2) is 6.61 Å². The molecule has 0 atom stereocenters. The van der Waals surface area contributed by atoms with Crippen LogP contribution in [-0.4, -0.2) is 35.1 Å². The van der Waals surface area contributed by atoms with E-state index in [1.807, 2.05) is 24.3 Å². The van der Waals surface area contributed by atoms with Gasteiger partial charge in [0.2, 0.25) is 11.8 Å². The van der Waals surface area contributed by atoms with E-state index in [1.165, 1.54) is 4.90 Å². The highest BCUT2D eigenvalue weighted by Gasteiger charge is 2.28. The summed E-state index contributed by atoms with van der Waals surface area (Å²) in [5.74, 6) is -0.973. The van der Waals surface area contributed by atoms with Gasteiger partial charge in [-0.2, -0.15) is 5.26 Å². The third-order valence-electron chi connectivity index (χ3n) is 5.60. The van der Waals surface area contributed by atoms with E-state index >= 15 is 0 Å². The Morgan fingerprint density at radius 3 is 2.00 bits per heavy atom. The molecular weight excluding hydrogens is 460 g/mol. The highest BCUT2D eigenvalue weighted by molar-refractivity contribution is 6.01. The van der Waals surface area contributed by atoms with Gasteiger partial charge >= 0.3 is 0 Å². The third-order valence-corrected chi connectivity index (χ3v) is 5.60. The molecule has 1 aliphatic heterocycles. The molecule has 180 valence electrons. The lowest BCUT2D eigenvalue weighted by molar-refractivity contribution is -0.139. The standard InChI is InChI=1S/C27H22N4O5/c28-15-18-1-5-20(6-2-18)21-9-11-23(12-10-21)36-17-24(32)29-30-27(35)22-7-3-19(4-8-22)16-31-25(33)13-14-26(31)34/h1-12H,13-14,16-17H2,(H,29,32)(H,30,35). The van der Waals surface area contributed by atoms with Crippen molar-refractivity contribution in [2.45, 2.75) is 19.4 Å². The second kappa shape index (κ2) is 11.0. The minimum Gasteiger partial charge on any atom is -0.484 e. The Labute approximate surface area is 207 Å². The summed E-state index contributed by atoms with van der Waals surface area (Å²) in [5, 5.41) is 8.89. The molecule has 1 fully saturated rings. The van der Waals surface area contributed by atoms with Crippen molar-refractivity contribution in [3.63, 3.8) is 0 Å². The first-order valence-corrected chi connectivity index (χ1v) is 11.2. The number of benzene rings is 3. The van der Waals surface area contributed by atoms with Crippen LogP contribution in [0.15, 0.2) is 72.8 Å². The molecular formula is C27H22N4O5.